The molecule has 4 rings (SSSR count). The van der Waals surface area contributed by atoms with Crippen molar-refractivity contribution < 1.29 is 28.6 Å². The van der Waals surface area contributed by atoms with E-state index in [4.69, 9.17) is 25.8 Å². The third kappa shape index (κ3) is 6.66. The predicted octanol–water partition coefficient (Wildman–Crippen LogP) is 6.53. The average molecular weight is 628 g/mol. The van der Waals surface area contributed by atoms with E-state index >= 15 is 0 Å². The summed E-state index contributed by atoms with van der Waals surface area (Å²) in [5.74, 6) is -0.254. The topological polar surface area (TPSA) is 94.2 Å². The molecule has 0 spiro atoms. The number of nitrogens with one attached hydrogen (secondary N) is 1. The van der Waals surface area contributed by atoms with E-state index < -0.39 is 17.8 Å². The van der Waals surface area contributed by atoms with Gasteiger partial charge < -0.3 is 14.2 Å². The Kier molecular flexibility index (Phi) is 8.85. The maximum absolute atomic E-state index is 13.2. The zero-order valence-corrected chi connectivity index (χ0v) is 24.8. The fraction of sp³-hybridized carbons (Fsp3) is 0.233. The number of urea groups is 1. The molecule has 3 aromatic carbocycles. The van der Waals surface area contributed by atoms with Crippen LogP contribution in [0.5, 0.6) is 17.2 Å². The van der Waals surface area contributed by atoms with Gasteiger partial charge >= 0.3 is 6.03 Å². The molecule has 1 N–H and O–H groups in total. The number of barbiturate groups is 1. The van der Waals surface area contributed by atoms with Gasteiger partial charge in [0.1, 0.15) is 24.5 Å². The molecular formula is C30H28BrClN2O6. The minimum atomic E-state index is -0.832. The average Bonchev–Trinajstić information content (AvgIpc) is 2.90. The second kappa shape index (κ2) is 12.1. The van der Waals surface area contributed by atoms with Crippen molar-refractivity contribution in [1.82, 2.24) is 5.32 Å². The lowest BCUT2D eigenvalue weighted by molar-refractivity contribution is -0.122. The zero-order valence-electron chi connectivity index (χ0n) is 22.4. The van der Waals surface area contributed by atoms with Gasteiger partial charge in [0.15, 0.2) is 11.5 Å². The number of ether oxygens (including phenoxy) is 3. The fourth-order valence-corrected chi connectivity index (χ4v) is 4.50. The van der Waals surface area contributed by atoms with Gasteiger partial charge in [0, 0.05) is 4.47 Å². The molecule has 4 amide bonds. The number of nitrogens with zero attached hydrogens (tertiary/aromatic N) is 1. The summed E-state index contributed by atoms with van der Waals surface area (Å²) in [6.45, 7) is 6.92. The number of benzene rings is 3. The van der Waals surface area contributed by atoms with Gasteiger partial charge in [-0.2, -0.15) is 0 Å². The molecule has 0 aliphatic carbocycles. The highest BCUT2D eigenvalue weighted by molar-refractivity contribution is 9.10. The first-order valence-corrected chi connectivity index (χ1v) is 13.6. The maximum atomic E-state index is 13.2. The van der Waals surface area contributed by atoms with Crippen molar-refractivity contribution in [3.05, 3.63) is 86.9 Å². The van der Waals surface area contributed by atoms with Crippen molar-refractivity contribution >= 4 is 57.1 Å². The van der Waals surface area contributed by atoms with Crippen molar-refractivity contribution in [1.29, 1.82) is 0 Å². The number of hydrogen-bond donors (Lipinski definition) is 1. The lowest BCUT2D eigenvalue weighted by atomic mass is 9.87. The second-order valence-corrected chi connectivity index (χ2v) is 11.3. The molecule has 0 aromatic heterocycles. The summed E-state index contributed by atoms with van der Waals surface area (Å²) in [7, 11) is 1.45. The molecule has 1 aliphatic rings. The van der Waals surface area contributed by atoms with Gasteiger partial charge in [-0.1, -0.05) is 60.4 Å². The first kappa shape index (κ1) is 29.2. The summed E-state index contributed by atoms with van der Waals surface area (Å²) in [5, 5.41) is 2.41. The number of methoxy groups -OCH3 is 1. The zero-order chi connectivity index (χ0) is 29.0. The molecule has 40 heavy (non-hydrogen) atoms. The van der Waals surface area contributed by atoms with Crippen LogP contribution in [-0.4, -0.2) is 38.2 Å². The van der Waals surface area contributed by atoms with Crippen molar-refractivity contribution in [3.63, 3.8) is 0 Å². The van der Waals surface area contributed by atoms with Crippen LogP contribution in [0.1, 0.15) is 31.9 Å². The second-order valence-electron chi connectivity index (χ2n) is 9.94. The Morgan fingerprint density at radius 2 is 1.60 bits per heavy atom. The number of halogens is 2. The van der Waals surface area contributed by atoms with Crippen LogP contribution in [0, 0.1) is 0 Å². The molecule has 0 saturated carbocycles. The van der Waals surface area contributed by atoms with Crippen LogP contribution < -0.4 is 24.4 Å². The lowest BCUT2D eigenvalue weighted by Gasteiger charge is -2.26. The van der Waals surface area contributed by atoms with Crippen LogP contribution in [-0.2, 0) is 15.0 Å². The molecule has 0 bridgehead atoms. The van der Waals surface area contributed by atoms with Crippen LogP contribution in [0.4, 0.5) is 10.5 Å². The standard InChI is InChI=1S/C30H28BrClN2O6/c1-30(2,3)19-5-11-22(12-6-19)39-13-14-40-26-24(32)16-18(17-25(26)38-4)15-23-27(35)33-29(37)34(28(23)36)21-9-7-20(31)8-10-21/h5-12,15-17H,13-14H2,1-4H3,(H,33,35,37). The minimum absolute atomic E-state index is 0.0570. The highest BCUT2D eigenvalue weighted by atomic mass is 79.9. The summed E-state index contributed by atoms with van der Waals surface area (Å²) in [6, 6.07) is 16.8. The number of rotatable bonds is 8. The van der Waals surface area contributed by atoms with Crippen molar-refractivity contribution in [2.24, 2.45) is 0 Å². The first-order valence-electron chi connectivity index (χ1n) is 12.4. The molecule has 10 heteroatoms. The molecule has 208 valence electrons. The summed E-state index contributed by atoms with van der Waals surface area (Å²) < 4.78 is 17.9. The normalized spacial score (nSPS) is 14.8. The van der Waals surface area contributed by atoms with E-state index in [-0.39, 0.29) is 29.2 Å². The van der Waals surface area contributed by atoms with E-state index in [1.54, 1.807) is 36.4 Å². The van der Waals surface area contributed by atoms with Crippen LogP contribution in [0.15, 0.2) is 70.7 Å². The van der Waals surface area contributed by atoms with E-state index in [1.807, 2.05) is 24.3 Å². The molecule has 0 atom stereocenters. The van der Waals surface area contributed by atoms with Gasteiger partial charge in [0.2, 0.25) is 0 Å². The smallest absolute Gasteiger partial charge is 0.335 e. The molecule has 1 heterocycles. The highest BCUT2D eigenvalue weighted by Gasteiger charge is 2.36. The minimum Gasteiger partial charge on any atom is -0.493 e. The third-order valence-corrected chi connectivity index (χ3v) is 6.88. The SMILES string of the molecule is COc1cc(C=C2C(=O)NC(=O)N(c3ccc(Br)cc3)C2=O)cc(Cl)c1OCCOc1ccc(C(C)(C)C)cc1. The van der Waals surface area contributed by atoms with Crippen LogP contribution in [0.3, 0.4) is 0 Å². The Balaban J connectivity index is 1.47. The Morgan fingerprint density at radius 3 is 2.23 bits per heavy atom. The molecule has 1 aliphatic heterocycles. The van der Waals surface area contributed by atoms with E-state index in [2.05, 4.69) is 42.0 Å². The molecule has 0 unspecified atom stereocenters. The molecule has 3 aromatic rings. The quantitative estimate of drug-likeness (QED) is 0.173. The van der Waals surface area contributed by atoms with E-state index in [1.165, 1.54) is 18.7 Å². The van der Waals surface area contributed by atoms with Gasteiger partial charge in [-0.3, -0.25) is 14.9 Å². The number of hydrogen-bond acceptors (Lipinski definition) is 6. The first-order chi connectivity index (χ1) is 19.0. The number of carbonyl (C=O) groups is 3. The molecule has 1 saturated heterocycles. The van der Waals surface area contributed by atoms with Crippen molar-refractivity contribution in [2.75, 3.05) is 25.2 Å². The van der Waals surface area contributed by atoms with Crippen molar-refractivity contribution in [3.8, 4) is 17.2 Å². The van der Waals surface area contributed by atoms with Crippen LogP contribution in [0.2, 0.25) is 5.02 Å². The molecular weight excluding hydrogens is 600 g/mol. The fourth-order valence-electron chi connectivity index (χ4n) is 3.97. The van der Waals surface area contributed by atoms with E-state index in [9.17, 15) is 14.4 Å². The summed E-state index contributed by atoms with van der Waals surface area (Å²) in [6.07, 6.45) is 1.35. The molecule has 8 nitrogen and oxygen atoms in total. The monoisotopic (exact) mass is 626 g/mol. The Bertz CT molecular complexity index is 1460. The van der Waals surface area contributed by atoms with Crippen LogP contribution in [0.25, 0.3) is 6.08 Å². The van der Waals surface area contributed by atoms with Gasteiger partial charge in [-0.25, -0.2) is 9.69 Å². The van der Waals surface area contributed by atoms with Crippen molar-refractivity contribution in [2.45, 2.75) is 26.2 Å². The summed E-state index contributed by atoms with van der Waals surface area (Å²) in [5.41, 5.74) is 1.76. The summed E-state index contributed by atoms with van der Waals surface area (Å²) >= 11 is 9.81. The lowest BCUT2D eigenvalue weighted by Crippen LogP contribution is -2.54. The number of amides is 4. The Hall–Kier alpha value is -3.82. The van der Waals surface area contributed by atoms with Gasteiger partial charge in [0.05, 0.1) is 17.8 Å². The maximum Gasteiger partial charge on any atom is 0.335 e. The number of carbonyl (C=O) groups excluding carboxylic acids is 3. The largest absolute Gasteiger partial charge is 0.493 e. The van der Waals surface area contributed by atoms with Crippen LogP contribution >= 0.6 is 27.5 Å². The third-order valence-electron chi connectivity index (χ3n) is 6.07. The number of anilines is 1. The van der Waals surface area contributed by atoms with Gasteiger partial charge in [-0.15, -0.1) is 0 Å². The Labute approximate surface area is 246 Å². The molecule has 1 fully saturated rings. The number of imide groups is 2. The van der Waals surface area contributed by atoms with Gasteiger partial charge in [0.25, 0.3) is 11.8 Å². The highest BCUT2D eigenvalue weighted by Crippen LogP contribution is 2.37. The van der Waals surface area contributed by atoms with Gasteiger partial charge in [-0.05, 0) is 71.1 Å². The predicted molar refractivity (Wildman–Crippen MR) is 157 cm³/mol. The van der Waals surface area contributed by atoms with E-state index in [0.717, 1.165) is 15.1 Å². The molecule has 0 radical (unpaired) electrons. The van der Waals surface area contributed by atoms with E-state index in [0.29, 0.717) is 22.7 Å². The summed E-state index contributed by atoms with van der Waals surface area (Å²) in [4.78, 5) is 39.1. The Morgan fingerprint density at radius 1 is 0.950 bits per heavy atom.